The van der Waals surface area contributed by atoms with Gasteiger partial charge in [-0.25, -0.2) is 0 Å². The van der Waals surface area contributed by atoms with Crippen molar-refractivity contribution < 1.29 is 18.9 Å². The van der Waals surface area contributed by atoms with Crippen LogP contribution in [0.5, 0.6) is 11.8 Å². The van der Waals surface area contributed by atoms with E-state index in [1.807, 2.05) is 4.57 Å². The summed E-state index contributed by atoms with van der Waals surface area (Å²) < 4.78 is 25.5. The minimum atomic E-state index is -0.316. The number of rotatable bonds is 7. The Kier molecular flexibility index (Phi) is 6.79. The van der Waals surface area contributed by atoms with Crippen molar-refractivity contribution in [1.29, 1.82) is 0 Å². The first kappa shape index (κ1) is 23.0. The van der Waals surface area contributed by atoms with Gasteiger partial charge in [-0.1, -0.05) is 25.0 Å². The molecule has 0 radical (unpaired) electrons. The zero-order chi connectivity index (χ0) is 23.6. The van der Waals surface area contributed by atoms with Crippen LogP contribution in [0.4, 0.5) is 0 Å². The number of hydrogen-bond acceptors (Lipinski definition) is 6. The zero-order valence-corrected chi connectivity index (χ0v) is 20.4. The number of benzene rings is 1. The van der Waals surface area contributed by atoms with Crippen molar-refractivity contribution >= 4 is 0 Å². The van der Waals surface area contributed by atoms with Crippen LogP contribution in [0.3, 0.4) is 0 Å². The lowest BCUT2D eigenvalue weighted by molar-refractivity contribution is -0.169. The molecule has 3 heterocycles. The smallest absolute Gasteiger partial charge is 0.300 e. The molecule has 1 aromatic heterocycles. The highest BCUT2D eigenvalue weighted by Gasteiger charge is 2.37. The molecule has 2 aliphatic heterocycles. The van der Waals surface area contributed by atoms with Crippen LogP contribution in [0.2, 0.25) is 0 Å². The molecule has 35 heavy (non-hydrogen) atoms. The van der Waals surface area contributed by atoms with Gasteiger partial charge in [-0.15, -0.1) is 0 Å². The SMILES string of the molecule is O=c1cc(COC2CCCCO2)n2c(n1)OC(COc1ccc(C3C4CCCC3CCC4)cc1)C2. The van der Waals surface area contributed by atoms with Crippen molar-refractivity contribution in [2.24, 2.45) is 11.8 Å². The number of aromatic nitrogens is 2. The van der Waals surface area contributed by atoms with Gasteiger partial charge >= 0.3 is 6.01 Å². The average Bonchev–Trinajstić information content (AvgIpc) is 3.29. The predicted molar refractivity (Wildman–Crippen MR) is 131 cm³/mol. The van der Waals surface area contributed by atoms with E-state index in [1.165, 1.54) is 50.2 Å². The monoisotopic (exact) mass is 480 g/mol. The van der Waals surface area contributed by atoms with E-state index >= 15 is 0 Å². The van der Waals surface area contributed by atoms with Gasteiger partial charge in [-0.3, -0.25) is 9.36 Å². The van der Waals surface area contributed by atoms with Gasteiger partial charge in [0.1, 0.15) is 12.4 Å². The molecule has 2 saturated carbocycles. The van der Waals surface area contributed by atoms with E-state index < -0.39 is 0 Å². The third kappa shape index (κ3) is 5.12. The lowest BCUT2D eigenvalue weighted by Crippen LogP contribution is -2.30. The Labute approximate surface area is 206 Å². The summed E-state index contributed by atoms with van der Waals surface area (Å²) in [7, 11) is 0. The maximum absolute atomic E-state index is 12.1. The summed E-state index contributed by atoms with van der Waals surface area (Å²) in [6.45, 7) is 2.01. The summed E-state index contributed by atoms with van der Waals surface area (Å²) in [5, 5.41) is 0. The molecular formula is C28H36N2O5. The molecule has 2 aromatic rings. The van der Waals surface area contributed by atoms with Crippen molar-refractivity contribution in [2.45, 2.75) is 89.3 Å². The van der Waals surface area contributed by atoms with Gasteiger partial charge in [-0.2, -0.15) is 4.98 Å². The number of nitrogens with zero attached hydrogens (tertiary/aromatic N) is 2. The molecule has 188 valence electrons. The Bertz CT molecular complexity index is 1040. The molecule has 2 aliphatic carbocycles. The first-order valence-corrected chi connectivity index (χ1v) is 13.5. The Balaban J connectivity index is 1.05. The van der Waals surface area contributed by atoms with Crippen LogP contribution < -0.4 is 15.0 Å². The zero-order valence-electron chi connectivity index (χ0n) is 20.4. The normalized spacial score (nSPS) is 29.9. The fraction of sp³-hybridized carbons (Fsp3) is 0.643. The molecule has 0 N–H and O–H groups in total. The fourth-order valence-electron chi connectivity index (χ4n) is 6.63. The molecule has 0 amide bonds. The third-order valence-corrected chi connectivity index (χ3v) is 8.30. The van der Waals surface area contributed by atoms with Crippen LogP contribution in [-0.4, -0.2) is 35.2 Å². The summed E-state index contributed by atoms with van der Waals surface area (Å²) in [6, 6.07) is 10.6. The highest BCUT2D eigenvalue weighted by atomic mass is 16.7. The van der Waals surface area contributed by atoms with E-state index in [-0.39, 0.29) is 18.0 Å². The number of ether oxygens (including phenoxy) is 4. The van der Waals surface area contributed by atoms with Gasteiger partial charge in [0, 0.05) is 12.7 Å². The first-order valence-electron chi connectivity index (χ1n) is 13.5. The molecule has 1 saturated heterocycles. The van der Waals surface area contributed by atoms with E-state index in [1.54, 1.807) is 0 Å². The van der Waals surface area contributed by atoms with Crippen LogP contribution in [0.1, 0.15) is 75.0 Å². The summed E-state index contributed by atoms with van der Waals surface area (Å²) in [5.74, 6) is 3.30. The third-order valence-electron chi connectivity index (χ3n) is 8.30. The minimum Gasteiger partial charge on any atom is -0.490 e. The van der Waals surface area contributed by atoms with E-state index in [0.29, 0.717) is 25.8 Å². The van der Waals surface area contributed by atoms with Gasteiger partial charge in [0.25, 0.3) is 5.56 Å². The largest absolute Gasteiger partial charge is 0.490 e. The van der Waals surface area contributed by atoms with Crippen molar-refractivity contribution in [1.82, 2.24) is 9.55 Å². The molecule has 4 aliphatic rings. The van der Waals surface area contributed by atoms with Crippen molar-refractivity contribution in [3.63, 3.8) is 0 Å². The Hall–Kier alpha value is -2.38. The molecule has 1 aromatic carbocycles. The molecule has 2 bridgehead atoms. The average molecular weight is 481 g/mol. The summed E-state index contributed by atoms with van der Waals surface area (Å²) in [4.78, 5) is 16.1. The summed E-state index contributed by atoms with van der Waals surface area (Å²) in [6.07, 6.45) is 11.0. The maximum Gasteiger partial charge on any atom is 0.300 e. The molecule has 7 nitrogen and oxygen atoms in total. The molecule has 7 heteroatoms. The standard InChI is InChI=1S/C28H36N2O5/c31-25-15-22(17-34-26-9-1-2-14-32-26)30-16-24(35-28(30)29-25)18-33-23-12-10-21(11-13-23)27-19-5-3-6-20(27)8-4-7-19/h10-13,15,19-20,24,26-27H,1-9,14,16-18H2. The van der Waals surface area contributed by atoms with Gasteiger partial charge in [0.15, 0.2) is 12.4 Å². The molecule has 2 unspecified atom stereocenters. The molecule has 2 atom stereocenters. The van der Waals surface area contributed by atoms with E-state index in [0.717, 1.165) is 55.1 Å². The number of fused-ring (bicyclic) bond motifs is 3. The van der Waals surface area contributed by atoms with Crippen LogP contribution in [0.25, 0.3) is 0 Å². The summed E-state index contributed by atoms with van der Waals surface area (Å²) >= 11 is 0. The van der Waals surface area contributed by atoms with Crippen LogP contribution in [0, 0.1) is 11.8 Å². The Morgan fingerprint density at radius 3 is 2.46 bits per heavy atom. The first-order chi connectivity index (χ1) is 17.2. The van der Waals surface area contributed by atoms with Crippen LogP contribution >= 0.6 is 0 Å². The number of hydrogen-bond donors (Lipinski definition) is 0. The topological polar surface area (TPSA) is 71.8 Å². The molecular weight excluding hydrogens is 444 g/mol. The molecule has 3 fully saturated rings. The van der Waals surface area contributed by atoms with E-state index in [4.69, 9.17) is 18.9 Å². The Morgan fingerprint density at radius 2 is 1.74 bits per heavy atom. The van der Waals surface area contributed by atoms with Gasteiger partial charge < -0.3 is 18.9 Å². The van der Waals surface area contributed by atoms with E-state index in [2.05, 4.69) is 29.2 Å². The summed E-state index contributed by atoms with van der Waals surface area (Å²) in [5.41, 5.74) is 1.92. The van der Waals surface area contributed by atoms with Crippen LogP contribution in [0.15, 0.2) is 35.1 Å². The highest BCUT2D eigenvalue weighted by molar-refractivity contribution is 5.31. The fourth-order valence-corrected chi connectivity index (χ4v) is 6.63. The van der Waals surface area contributed by atoms with Gasteiger partial charge in [-0.05, 0) is 80.4 Å². The van der Waals surface area contributed by atoms with Gasteiger partial charge in [0.2, 0.25) is 0 Å². The quantitative estimate of drug-likeness (QED) is 0.566. The minimum absolute atomic E-state index is 0.202. The van der Waals surface area contributed by atoms with Crippen LogP contribution in [-0.2, 0) is 22.6 Å². The van der Waals surface area contributed by atoms with Crippen molar-refractivity contribution in [3.05, 3.63) is 51.9 Å². The lowest BCUT2D eigenvalue weighted by atomic mass is 9.62. The predicted octanol–water partition coefficient (Wildman–Crippen LogP) is 4.81. The molecule has 0 spiro atoms. The van der Waals surface area contributed by atoms with Crippen molar-refractivity contribution in [2.75, 3.05) is 13.2 Å². The van der Waals surface area contributed by atoms with Crippen molar-refractivity contribution in [3.8, 4) is 11.8 Å². The highest BCUT2D eigenvalue weighted by Crippen LogP contribution is 2.50. The second-order valence-electron chi connectivity index (χ2n) is 10.6. The second kappa shape index (κ2) is 10.3. The second-order valence-corrected chi connectivity index (χ2v) is 10.6. The van der Waals surface area contributed by atoms with E-state index in [9.17, 15) is 4.79 Å². The van der Waals surface area contributed by atoms with Gasteiger partial charge in [0.05, 0.1) is 18.8 Å². The molecule has 6 rings (SSSR count). The maximum atomic E-state index is 12.1. The lowest BCUT2D eigenvalue weighted by Gasteiger charge is -2.43. The Morgan fingerprint density at radius 1 is 0.971 bits per heavy atom.